The van der Waals surface area contributed by atoms with Gasteiger partial charge in [0.15, 0.2) is 0 Å². The lowest BCUT2D eigenvalue weighted by Gasteiger charge is -2.20. The second kappa shape index (κ2) is 5.14. The molecule has 1 aliphatic heterocycles. The molecule has 0 saturated carbocycles. The standard InChI is InChI=1S/C9H17IN2O/c1-11(2)8-4-6-12(7-8)9(13)3-5-10/h8H,3-7H2,1-2H3/t8-/m1/s1. The van der Waals surface area contributed by atoms with Gasteiger partial charge in [-0.05, 0) is 20.5 Å². The Bertz CT molecular complexity index is 184. The molecule has 0 radical (unpaired) electrons. The van der Waals surface area contributed by atoms with E-state index in [1.807, 2.05) is 4.90 Å². The van der Waals surface area contributed by atoms with Crippen LogP contribution in [-0.4, -0.2) is 53.4 Å². The molecule has 0 aromatic heterocycles. The molecule has 1 amide bonds. The summed E-state index contributed by atoms with van der Waals surface area (Å²) in [6, 6.07) is 0.568. The molecule has 13 heavy (non-hydrogen) atoms. The number of carbonyl (C=O) groups excluding carboxylic acids is 1. The minimum Gasteiger partial charge on any atom is -0.341 e. The Morgan fingerprint density at radius 2 is 2.31 bits per heavy atom. The Morgan fingerprint density at radius 1 is 1.62 bits per heavy atom. The number of hydrogen-bond acceptors (Lipinski definition) is 2. The summed E-state index contributed by atoms with van der Waals surface area (Å²) in [7, 11) is 4.16. The lowest BCUT2D eigenvalue weighted by Crippen LogP contribution is -2.34. The van der Waals surface area contributed by atoms with Crippen molar-refractivity contribution in [2.75, 3.05) is 31.6 Å². The fourth-order valence-electron chi connectivity index (χ4n) is 1.63. The quantitative estimate of drug-likeness (QED) is 0.572. The summed E-state index contributed by atoms with van der Waals surface area (Å²) >= 11 is 2.25. The van der Waals surface area contributed by atoms with Crippen LogP contribution in [0.1, 0.15) is 12.8 Å². The minimum absolute atomic E-state index is 0.318. The largest absolute Gasteiger partial charge is 0.341 e. The number of likely N-dealkylation sites (N-methyl/N-ethyl adjacent to an activating group) is 1. The maximum atomic E-state index is 11.5. The average molecular weight is 296 g/mol. The van der Waals surface area contributed by atoms with Gasteiger partial charge in [0.05, 0.1) is 0 Å². The van der Waals surface area contributed by atoms with Crippen LogP contribution in [0.3, 0.4) is 0 Å². The second-order valence-electron chi connectivity index (χ2n) is 3.68. The van der Waals surface area contributed by atoms with Crippen molar-refractivity contribution in [3.63, 3.8) is 0 Å². The van der Waals surface area contributed by atoms with Crippen molar-refractivity contribution in [2.45, 2.75) is 18.9 Å². The molecule has 0 aromatic rings. The number of amides is 1. The van der Waals surface area contributed by atoms with Crippen LogP contribution in [0.5, 0.6) is 0 Å². The van der Waals surface area contributed by atoms with Gasteiger partial charge in [0.25, 0.3) is 0 Å². The van der Waals surface area contributed by atoms with Crippen molar-refractivity contribution in [3.05, 3.63) is 0 Å². The van der Waals surface area contributed by atoms with Crippen LogP contribution < -0.4 is 0 Å². The van der Waals surface area contributed by atoms with Gasteiger partial charge in [0.2, 0.25) is 5.91 Å². The molecule has 1 fully saturated rings. The Kier molecular flexibility index (Phi) is 4.45. The van der Waals surface area contributed by atoms with Gasteiger partial charge in [-0.1, -0.05) is 22.6 Å². The highest BCUT2D eigenvalue weighted by Crippen LogP contribution is 2.14. The molecule has 1 rings (SSSR count). The third-order valence-corrected chi connectivity index (χ3v) is 3.09. The third kappa shape index (κ3) is 3.09. The normalized spacial score (nSPS) is 22.8. The van der Waals surface area contributed by atoms with Gasteiger partial charge in [-0.15, -0.1) is 0 Å². The van der Waals surface area contributed by atoms with Gasteiger partial charge in [-0.2, -0.15) is 0 Å². The molecule has 76 valence electrons. The predicted molar refractivity (Wildman–Crippen MR) is 62.2 cm³/mol. The summed E-state index contributed by atoms with van der Waals surface area (Å²) in [5.41, 5.74) is 0. The van der Waals surface area contributed by atoms with E-state index in [-0.39, 0.29) is 0 Å². The molecule has 0 aliphatic carbocycles. The first-order valence-corrected chi connectivity index (χ1v) is 6.18. The summed E-state index contributed by atoms with van der Waals surface area (Å²) in [6.45, 7) is 1.86. The minimum atomic E-state index is 0.318. The van der Waals surface area contributed by atoms with E-state index in [9.17, 15) is 4.79 Å². The predicted octanol–water partition coefficient (Wildman–Crippen LogP) is 0.974. The molecule has 0 aromatic carbocycles. The fourth-order valence-corrected chi connectivity index (χ4v) is 2.09. The summed E-state index contributed by atoms with van der Waals surface area (Å²) in [5.74, 6) is 0.318. The van der Waals surface area contributed by atoms with Gasteiger partial charge in [-0.25, -0.2) is 0 Å². The maximum Gasteiger partial charge on any atom is 0.223 e. The van der Waals surface area contributed by atoms with E-state index < -0.39 is 0 Å². The Hall–Kier alpha value is 0.160. The van der Waals surface area contributed by atoms with E-state index in [2.05, 4.69) is 41.6 Å². The zero-order valence-corrected chi connectivity index (χ0v) is 10.5. The molecule has 1 saturated heterocycles. The highest BCUT2D eigenvalue weighted by molar-refractivity contribution is 14.1. The Labute approximate surface area is 93.6 Å². The highest BCUT2D eigenvalue weighted by atomic mass is 127. The van der Waals surface area contributed by atoms with Crippen LogP contribution in [-0.2, 0) is 4.79 Å². The molecule has 4 heteroatoms. The third-order valence-electron chi connectivity index (χ3n) is 2.55. The maximum absolute atomic E-state index is 11.5. The van der Waals surface area contributed by atoms with E-state index in [1.165, 1.54) is 0 Å². The lowest BCUT2D eigenvalue weighted by molar-refractivity contribution is -0.129. The zero-order chi connectivity index (χ0) is 9.84. The monoisotopic (exact) mass is 296 g/mol. The SMILES string of the molecule is CN(C)[C@@H]1CCN(C(=O)CCI)C1. The molecule has 0 unspecified atom stereocenters. The molecular formula is C9H17IN2O. The van der Waals surface area contributed by atoms with E-state index in [0.717, 1.165) is 23.9 Å². The molecular weight excluding hydrogens is 279 g/mol. The number of halogens is 1. The summed E-state index contributed by atoms with van der Waals surface area (Å²) in [4.78, 5) is 15.7. The van der Waals surface area contributed by atoms with E-state index in [1.54, 1.807) is 0 Å². The number of nitrogens with zero attached hydrogens (tertiary/aromatic N) is 2. The van der Waals surface area contributed by atoms with E-state index >= 15 is 0 Å². The Morgan fingerprint density at radius 3 is 2.77 bits per heavy atom. The van der Waals surface area contributed by atoms with Crippen LogP contribution in [0.25, 0.3) is 0 Å². The number of rotatable bonds is 3. The van der Waals surface area contributed by atoms with Crippen molar-refractivity contribution in [1.29, 1.82) is 0 Å². The molecule has 1 aliphatic rings. The average Bonchev–Trinajstić information content (AvgIpc) is 2.52. The van der Waals surface area contributed by atoms with Crippen molar-refractivity contribution in [2.24, 2.45) is 0 Å². The van der Waals surface area contributed by atoms with Crippen LogP contribution >= 0.6 is 22.6 Å². The summed E-state index contributed by atoms with van der Waals surface area (Å²) in [6.07, 6.45) is 1.82. The van der Waals surface area contributed by atoms with Crippen LogP contribution in [0.15, 0.2) is 0 Å². The topological polar surface area (TPSA) is 23.6 Å². The zero-order valence-electron chi connectivity index (χ0n) is 8.29. The van der Waals surface area contributed by atoms with Gasteiger partial charge in [0, 0.05) is 30.0 Å². The number of carbonyl (C=O) groups is 1. The summed E-state index contributed by atoms with van der Waals surface area (Å²) in [5, 5.41) is 0. The smallest absolute Gasteiger partial charge is 0.223 e. The highest BCUT2D eigenvalue weighted by Gasteiger charge is 2.26. The van der Waals surface area contributed by atoms with Crippen LogP contribution in [0.4, 0.5) is 0 Å². The number of hydrogen-bond donors (Lipinski definition) is 0. The number of alkyl halides is 1. The first-order chi connectivity index (χ1) is 6.15. The Balaban J connectivity index is 2.36. The van der Waals surface area contributed by atoms with Gasteiger partial charge < -0.3 is 9.80 Å². The van der Waals surface area contributed by atoms with Crippen molar-refractivity contribution in [3.8, 4) is 0 Å². The fraction of sp³-hybridized carbons (Fsp3) is 0.889. The first-order valence-electron chi connectivity index (χ1n) is 4.65. The van der Waals surface area contributed by atoms with E-state index in [4.69, 9.17) is 0 Å². The van der Waals surface area contributed by atoms with Gasteiger partial charge >= 0.3 is 0 Å². The van der Waals surface area contributed by atoms with Crippen molar-refractivity contribution >= 4 is 28.5 Å². The number of likely N-dealkylation sites (tertiary alicyclic amines) is 1. The van der Waals surface area contributed by atoms with Crippen LogP contribution in [0.2, 0.25) is 0 Å². The van der Waals surface area contributed by atoms with E-state index in [0.29, 0.717) is 18.4 Å². The lowest BCUT2D eigenvalue weighted by atomic mass is 10.2. The molecule has 0 bridgehead atoms. The van der Waals surface area contributed by atoms with Gasteiger partial charge in [0.1, 0.15) is 0 Å². The van der Waals surface area contributed by atoms with Crippen LogP contribution in [0, 0.1) is 0 Å². The second-order valence-corrected chi connectivity index (χ2v) is 4.76. The molecule has 3 nitrogen and oxygen atoms in total. The summed E-state index contributed by atoms with van der Waals surface area (Å²) < 4.78 is 0.930. The molecule has 0 spiro atoms. The van der Waals surface area contributed by atoms with Gasteiger partial charge in [-0.3, -0.25) is 4.79 Å². The first kappa shape index (κ1) is 11.2. The molecule has 1 atom stereocenters. The molecule has 1 heterocycles. The molecule has 0 N–H and O–H groups in total. The van der Waals surface area contributed by atoms with Crippen molar-refractivity contribution < 1.29 is 4.79 Å². The van der Waals surface area contributed by atoms with Crippen molar-refractivity contribution in [1.82, 2.24) is 9.80 Å².